The van der Waals surface area contributed by atoms with Gasteiger partial charge in [0.1, 0.15) is 5.75 Å². The van der Waals surface area contributed by atoms with E-state index >= 15 is 0 Å². The maximum absolute atomic E-state index is 11.6. The molecular weight excluding hydrogens is 335 g/mol. The second-order valence-corrected chi connectivity index (χ2v) is 7.93. The highest BCUT2D eigenvalue weighted by molar-refractivity contribution is 7.47. The molecule has 0 heterocycles. The lowest BCUT2D eigenvalue weighted by molar-refractivity contribution is 0.213. The normalized spacial score (nSPS) is 13.6. The van der Waals surface area contributed by atoms with E-state index in [4.69, 9.17) is 9.05 Å². The Morgan fingerprint density at radius 1 is 0.840 bits per heavy atom. The van der Waals surface area contributed by atoms with Crippen molar-refractivity contribution in [2.75, 3.05) is 6.61 Å². The van der Waals surface area contributed by atoms with Gasteiger partial charge in [0.15, 0.2) is 0 Å². The van der Waals surface area contributed by atoms with Gasteiger partial charge in [0, 0.05) is 0 Å². The van der Waals surface area contributed by atoms with Gasteiger partial charge in [0.25, 0.3) is 0 Å². The smallest absolute Gasteiger partial charge is 0.404 e. The van der Waals surface area contributed by atoms with E-state index < -0.39 is 7.82 Å². The zero-order valence-electron chi connectivity index (χ0n) is 15.9. The van der Waals surface area contributed by atoms with Crippen LogP contribution in [0.25, 0.3) is 0 Å². The predicted molar refractivity (Wildman–Crippen MR) is 104 cm³/mol. The van der Waals surface area contributed by atoms with E-state index in [1.54, 1.807) is 19.1 Å². The van der Waals surface area contributed by atoms with Crippen molar-refractivity contribution in [2.24, 2.45) is 0 Å². The number of unbranched alkanes of at least 4 members (excludes halogenated alkanes) is 9. The van der Waals surface area contributed by atoms with Gasteiger partial charge in [-0.1, -0.05) is 76.8 Å². The lowest BCUT2D eigenvalue weighted by atomic mass is 10.0. The average Bonchev–Trinajstić information content (AvgIpc) is 2.57. The van der Waals surface area contributed by atoms with Crippen molar-refractivity contribution >= 4 is 7.82 Å². The summed E-state index contributed by atoms with van der Waals surface area (Å²) in [5, 5.41) is 0. The number of hydrogen-bond acceptors (Lipinski definition) is 3. The summed E-state index contributed by atoms with van der Waals surface area (Å²) in [4.78, 5) is 9.45. The first-order valence-electron chi connectivity index (χ1n) is 9.83. The Morgan fingerprint density at radius 2 is 1.36 bits per heavy atom. The Bertz CT molecular complexity index is 487. The quantitative estimate of drug-likeness (QED) is 0.277. The van der Waals surface area contributed by atoms with Crippen molar-refractivity contribution in [2.45, 2.75) is 84.5 Å². The minimum absolute atomic E-state index is 0.143. The first-order valence-corrected chi connectivity index (χ1v) is 11.3. The van der Waals surface area contributed by atoms with Gasteiger partial charge in [0.05, 0.1) is 6.61 Å². The second-order valence-electron chi connectivity index (χ2n) is 6.55. The minimum atomic E-state index is -3.98. The molecule has 0 fully saturated rings. The Morgan fingerprint density at radius 3 is 1.88 bits per heavy atom. The summed E-state index contributed by atoms with van der Waals surface area (Å²) in [5.41, 5.74) is 1.23. The number of phosphoric ester groups is 1. The molecule has 0 aromatic heterocycles. The maximum Gasteiger partial charge on any atom is 0.527 e. The fourth-order valence-corrected chi connectivity index (χ4v) is 3.62. The number of aryl methyl sites for hydroxylation is 1. The molecule has 0 spiro atoms. The molecule has 1 unspecified atom stereocenters. The van der Waals surface area contributed by atoms with Crippen LogP contribution in [0.5, 0.6) is 5.75 Å². The van der Waals surface area contributed by atoms with E-state index in [-0.39, 0.29) is 6.61 Å². The van der Waals surface area contributed by atoms with Crippen LogP contribution >= 0.6 is 7.82 Å². The van der Waals surface area contributed by atoms with Gasteiger partial charge < -0.3 is 4.52 Å². The van der Waals surface area contributed by atoms with Gasteiger partial charge >= 0.3 is 7.82 Å². The summed E-state index contributed by atoms with van der Waals surface area (Å²) >= 11 is 0. The van der Waals surface area contributed by atoms with Crippen molar-refractivity contribution < 1.29 is 18.5 Å². The van der Waals surface area contributed by atoms with Crippen LogP contribution in [-0.4, -0.2) is 11.5 Å². The minimum Gasteiger partial charge on any atom is -0.404 e. The van der Waals surface area contributed by atoms with Crippen LogP contribution in [0.4, 0.5) is 0 Å². The van der Waals surface area contributed by atoms with Crippen molar-refractivity contribution in [1.82, 2.24) is 0 Å². The van der Waals surface area contributed by atoms with Gasteiger partial charge in [-0.05, 0) is 37.5 Å². The molecular formula is C20H35O4P. The highest BCUT2D eigenvalue weighted by atomic mass is 31.2. The molecule has 1 atom stereocenters. The van der Waals surface area contributed by atoms with Crippen molar-refractivity contribution in [3.8, 4) is 5.75 Å². The molecule has 25 heavy (non-hydrogen) atoms. The second kappa shape index (κ2) is 13.4. The lowest BCUT2D eigenvalue weighted by Crippen LogP contribution is -1.97. The van der Waals surface area contributed by atoms with Crippen LogP contribution in [-0.2, 0) is 15.5 Å². The van der Waals surface area contributed by atoms with E-state index in [1.807, 2.05) is 12.1 Å². The van der Waals surface area contributed by atoms with Crippen LogP contribution in [0, 0.1) is 0 Å². The Labute approximate surface area is 153 Å². The predicted octanol–water partition coefficient (Wildman–Crippen LogP) is 6.67. The highest BCUT2D eigenvalue weighted by Gasteiger charge is 2.21. The standard InChI is InChI=1S/C20H35O4P/c1-3-5-6-7-8-9-10-11-12-13-14-19-15-17-20(18-16-19)24-25(21,22)23-4-2/h15-18H,3-14H2,1-2H3,(H,21,22). The molecule has 0 radical (unpaired) electrons. The van der Waals surface area contributed by atoms with E-state index in [1.165, 1.54) is 69.8 Å². The van der Waals surface area contributed by atoms with Crippen molar-refractivity contribution in [3.63, 3.8) is 0 Å². The summed E-state index contributed by atoms with van der Waals surface area (Å²) in [6, 6.07) is 7.37. The topological polar surface area (TPSA) is 55.8 Å². The van der Waals surface area contributed by atoms with Crippen LogP contribution in [0.3, 0.4) is 0 Å². The van der Waals surface area contributed by atoms with Gasteiger partial charge in [-0.3, -0.25) is 9.42 Å². The molecule has 144 valence electrons. The summed E-state index contributed by atoms with van der Waals surface area (Å²) < 4.78 is 21.2. The number of phosphoric acid groups is 1. The summed E-state index contributed by atoms with van der Waals surface area (Å²) in [6.45, 7) is 4.05. The largest absolute Gasteiger partial charge is 0.527 e. The Kier molecular flexibility index (Phi) is 11.9. The van der Waals surface area contributed by atoms with Gasteiger partial charge in [-0.2, -0.15) is 0 Å². The number of hydrogen-bond donors (Lipinski definition) is 1. The number of benzene rings is 1. The van der Waals surface area contributed by atoms with E-state index in [0.717, 1.165) is 6.42 Å². The summed E-state index contributed by atoms with van der Waals surface area (Å²) in [6.07, 6.45) is 14.4. The summed E-state index contributed by atoms with van der Waals surface area (Å²) in [5.74, 6) is 0.367. The first-order chi connectivity index (χ1) is 12.1. The van der Waals surface area contributed by atoms with Gasteiger partial charge in [-0.25, -0.2) is 4.57 Å². The van der Waals surface area contributed by atoms with E-state index in [2.05, 4.69) is 6.92 Å². The Hall–Kier alpha value is -0.830. The van der Waals surface area contributed by atoms with Crippen molar-refractivity contribution in [1.29, 1.82) is 0 Å². The van der Waals surface area contributed by atoms with Crippen LogP contribution in [0.15, 0.2) is 24.3 Å². The lowest BCUT2D eigenvalue weighted by Gasteiger charge is -2.12. The van der Waals surface area contributed by atoms with E-state index in [0.29, 0.717) is 5.75 Å². The monoisotopic (exact) mass is 370 g/mol. The molecule has 1 rings (SSSR count). The van der Waals surface area contributed by atoms with E-state index in [9.17, 15) is 9.46 Å². The average molecular weight is 370 g/mol. The molecule has 4 nitrogen and oxygen atoms in total. The molecule has 1 N–H and O–H groups in total. The summed E-state index contributed by atoms with van der Waals surface area (Å²) in [7, 11) is -3.98. The molecule has 0 saturated carbocycles. The number of rotatable bonds is 15. The third-order valence-corrected chi connectivity index (χ3v) is 5.28. The highest BCUT2D eigenvalue weighted by Crippen LogP contribution is 2.43. The molecule has 0 saturated heterocycles. The van der Waals surface area contributed by atoms with Crippen LogP contribution < -0.4 is 4.52 Å². The van der Waals surface area contributed by atoms with Crippen molar-refractivity contribution in [3.05, 3.63) is 29.8 Å². The molecule has 0 amide bonds. The molecule has 5 heteroatoms. The SMILES string of the molecule is CCCCCCCCCCCCc1ccc(OP(=O)(O)OCC)cc1. The molecule has 0 aliphatic heterocycles. The zero-order valence-corrected chi connectivity index (χ0v) is 16.8. The maximum atomic E-state index is 11.6. The fourth-order valence-electron chi connectivity index (χ4n) is 2.86. The Balaban J connectivity index is 2.11. The van der Waals surface area contributed by atoms with Gasteiger partial charge in [-0.15, -0.1) is 0 Å². The third kappa shape index (κ3) is 11.4. The molecule has 0 aliphatic rings. The van der Waals surface area contributed by atoms with Crippen LogP contribution in [0.2, 0.25) is 0 Å². The first kappa shape index (κ1) is 22.2. The fraction of sp³-hybridized carbons (Fsp3) is 0.700. The van der Waals surface area contributed by atoms with Gasteiger partial charge in [0.2, 0.25) is 0 Å². The molecule has 1 aromatic rings. The molecule has 0 bridgehead atoms. The van der Waals surface area contributed by atoms with Crippen LogP contribution in [0.1, 0.15) is 83.6 Å². The third-order valence-electron chi connectivity index (χ3n) is 4.26. The molecule has 1 aromatic carbocycles. The zero-order chi connectivity index (χ0) is 18.4. The molecule has 0 aliphatic carbocycles.